The third kappa shape index (κ3) is 7.30. The molecular formula is C56H49N3O. The third-order valence-corrected chi connectivity index (χ3v) is 11.5. The van der Waals surface area contributed by atoms with Gasteiger partial charge in [-0.15, -0.1) is 0 Å². The summed E-state index contributed by atoms with van der Waals surface area (Å²) >= 11 is 0. The number of nitrogens with zero attached hydrogens (tertiary/aromatic N) is 3. The number of aryl methyl sites for hydroxylation is 1. The first kappa shape index (κ1) is 37.2. The first-order valence-corrected chi connectivity index (χ1v) is 20.6. The summed E-state index contributed by atoms with van der Waals surface area (Å²) in [6, 6.07) is 58.5. The molecule has 0 saturated carbocycles. The second-order valence-corrected chi connectivity index (χ2v) is 17.0. The average Bonchev–Trinajstić information content (AvgIpc) is 3.66. The summed E-state index contributed by atoms with van der Waals surface area (Å²) in [6.07, 6.45) is 1.90. The Kier molecular flexibility index (Phi) is 9.69. The van der Waals surface area contributed by atoms with Gasteiger partial charge in [0.25, 0.3) is 0 Å². The predicted octanol–water partition coefficient (Wildman–Crippen LogP) is 14.9. The van der Waals surface area contributed by atoms with Crippen LogP contribution in [0.3, 0.4) is 0 Å². The molecular weight excluding hydrogens is 731 g/mol. The van der Waals surface area contributed by atoms with Gasteiger partial charge in [-0.05, 0) is 117 Å². The van der Waals surface area contributed by atoms with Gasteiger partial charge in [0.1, 0.15) is 11.6 Å². The van der Waals surface area contributed by atoms with E-state index >= 15 is 0 Å². The summed E-state index contributed by atoms with van der Waals surface area (Å²) in [6.45, 7) is 12.7. The Morgan fingerprint density at radius 2 is 1.22 bits per heavy atom. The van der Waals surface area contributed by atoms with Crippen LogP contribution in [0, 0.1) is 6.92 Å². The predicted molar refractivity (Wildman–Crippen MR) is 251 cm³/mol. The van der Waals surface area contributed by atoms with E-state index in [0.29, 0.717) is 11.4 Å². The lowest BCUT2D eigenvalue weighted by Gasteiger charge is -2.22. The van der Waals surface area contributed by atoms with Crippen LogP contribution in [0.5, 0.6) is 5.75 Å². The van der Waals surface area contributed by atoms with E-state index in [1.54, 1.807) is 6.07 Å². The average molecular weight is 781 g/mol. The molecule has 0 saturated heterocycles. The lowest BCUT2D eigenvalue weighted by molar-refractivity contribution is 0.477. The van der Waals surface area contributed by atoms with Crippen molar-refractivity contribution in [1.29, 1.82) is 0 Å². The molecule has 9 rings (SSSR count). The maximum Gasteiger partial charge on any atom is 0.149 e. The third-order valence-electron chi connectivity index (χ3n) is 11.5. The first-order valence-electron chi connectivity index (χ1n) is 21.1. The van der Waals surface area contributed by atoms with Crippen LogP contribution in [0.25, 0.3) is 83.9 Å². The summed E-state index contributed by atoms with van der Waals surface area (Å²) in [7, 11) is 0. The molecule has 0 aliphatic carbocycles. The van der Waals surface area contributed by atoms with Crippen molar-refractivity contribution in [1.82, 2.24) is 14.5 Å². The minimum Gasteiger partial charge on any atom is -0.507 e. The largest absolute Gasteiger partial charge is 0.507 e. The Morgan fingerprint density at radius 3 is 1.90 bits per heavy atom. The Bertz CT molecular complexity index is 3040. The smallest absolute Gasteiger partial charge is 0.149 e. The molecule has 0 aliphatic heterocycles. The number of fused-ring (bicyclic) bond motifs is 1. The fourth-order valence-corrected chi connectivity index (χ4v) is 8.19. The van der Waals surface area contributed by atoms with Gasteiger partial charge in [-0.1, -0.05) is 155 Å². The minimum atomic E-state index is -0.901. The standard InChI is InChI=1S/C56H49N3O/c1-36(2)47-34-49(40-18-11-8-12-19-40)52(35-48(47)39-16-9-7-10-17-39)59-51-22-15-21-45(54(51)58-55(59)46-20-13-14-23-53(46)60)42-30-43(32-44(31-42)56(4,5)6)50-33-41(28-29-57-50)38-26-24-37(3)25-27-38/h7-36,60H,1-6H3/i36D. The molecule has 1 N–H and O–H groups in total. The van der Waals surface area contributed by atoms with Gasteiger partial charge in [0.15, 0.2) is 0 Å². The van der Waals surface area contributed by atoms with Crippen LogP contribution in [0.4, 0.5) is 0 Å². The number of aromatic hydroxyl groups is 1. The van der Waals surface area contributed by atoms with Gasteiger partial charge < -0.3 is 5.11 Å². The number of phenols is 1. The number of rotatable bonds is 8. The molecule has 0 fully saturated rings. The van der Waals surface area contributed by atoms with Crippen LogP contribution in [0.15, 0.2) is 176 Å². The topological polar surface area (TPSA) is 50.9 Å². The molecule has 0 atom stereocenters. The SMILES string of the molecule is [2H]C(C)(C)c1cc(-c2ccccc2)c(-n2c(-c3ccccc3O)nc3c(-c4cc(-c5cc(-c6ccc(C)cc6)ccn5)cc(C(C)(C)C)c4)cccc32)cc1-c1ccccc1. The molecule has 0 bridgehead atoms. The molecule has 0 radical (unpaired) electrons. The molecule has 0 spiro atoms. The van der Waals surface area contributed by atoms with Crippen molar-refractivity contribution in [3.05, 3.63) is 193 Å². The zero-order valence-electron chi connectivity index (χ0n) is 36.0. The fraction of sp³-hybridized carbons (Fsp3) is 0.143. The van der Waals surface area contributed by atoms with E-state index in [-0.39, 0.29) is 11.2 Å². The summed E-state index contributed by atoms with van der Waals surface area (Å²) < 4.78 is 11.6. The monoisotopic (exact) mass is 780 g/mol. The van der Waals surface area contributed by atoms with Gasteiger partial charge in [-0.3, -0.25) is 9.55 Å². The second kappa shape index (κ2) is 15.6. The molecule has 0 aliphatic rings. The molecule has 4 nitrogen and oxygen atoms in total. The van der Waals surface area contributed by atoms with Gasteiger partial charge in [-0.25, -0.2) is 4.98 Å². The van der Waals surface area contributed by atoms with Crippen LogP contribution in [0.2, 0.25) is 0 Å². The van der Waals surface area contributed by atoms with Gasteiger partial charge in [0, 0.05) is 24.3 Å². The molecule has 2 aromatic heterocycles. The second-order valence-electron chi connectivity index (χ2n) is 17.0. The van der Waals surface area contributed by atoms with Crippen LogP contribution in [-0.2, 0) is 5.41 Å². The maximum atomic E-state index is 11.5. The highest BCUT2D eigenvalue weighted by molar-refractivity contribution is 5.98. The zero-order chi connectivity index (χ0) is 42.5. The number of imidazole rings is 1. The first-order chi connectivity index (χ1) is 29.3. The number of benzene rings is 7. The molecule has 0 unspecified atom stereocenters. The van der Waals surface area contributed by atoms with E-state index in [1.807, 2.05) is 62.5 Å². The zero-order valence-corrected chi connectivity index (χ0v) is 35.0. The van der Waals surface area contributed by atoms with Crippen LogP contribution in [0.1, 0.15) is 58.6 Å². The summed E-state index contributed by atoms with van der Waals surface area (Å²) in [5.41, 5.74) is 16.6. The number of phenolic OH excluding ortho intramolecular Hbond substituents is 1. The number of pyridine rings is 1. The number of aromatic nitrogens is 3. The molecule has 60 heavy (non-hydrogen) atoms. The van der Waals surface area contributed by atoms with Crippen molar-refractivity contribution >= 4 is 11.0 Å². The highest BCUT2D eigenvalue weighted by Crippen LogP contribution is 2.44. The fourth-order valence-electron chi connectivity index (χ4n) is 8.19. The molecule has 0 amide bonds. The van der Waals surface area contributed by atoms with E-state index in [1.165, 1.54) is 11.1 Å². The number of para-hydroxylation sites is 2. The molecule has 2 heterocycles. The van der Waals surface area contributed by atoms with Crippen LogP contribution in [-0.4, -0.2) is 19.6 Å². The summed E-state index contributed by atoms with van der Waals surface area (Å²) in [5.74, 6) is -0.137. The lowest BCUT2D eigenvalue weighted by atomic mass is 9.83. The quantitative estimate of drug-likeness (QED) is 0.167. The van der Waals surface area contributed by atoms with Crippen molar-refractivity contribution in [2.24, 2.45) is 0 Å². The van der Waals surface area contributed by atoms with Gasteiger partial charge in [-0.2, -0.15) is 0 Å². The Hall–Kier alpha value is -7.04. The van der Waals surface area contributed by atoms with E-state index in [2.05, 4.69) is 154 Å². The van der Waals surface area contributed by atoms with Crippen molar-refractivity contribution in [2.75, 3.05) is 0 Å². The highest BCUT2D eigenvalue weighted by Gasteiger charge is 2.25. The van der Waals surface area contributed by atoms with Crippen LogP contribution < -0.4 is 0 Å². The lowest BCUT2D eigenvalue weighted by Crippen LogP contribution is -2.11. The van der Waals surface area contributed by atoms with E-state index in [4.69, 9.17) is 9.97 Å². The van der Waals surface area contributed by atoms with Gasteiger partial charge >= 0.3 is 0 Å². The maximum absolute atomic E-state index is 11.5. The molecule has 4 heteroatoms. The highest BCUT2D eigenvalue weighted by atomic mass is 16.3. The van der Waals surface area contributed by atoms with E-state index in [0.717, 1.165) is 78.0 Å². The minimum absolute atomic E-state index is 0.144. The normalized spacial score (nSPS) is 12.1. The van der Waals surface area contributed by atoms with Crippen molar-refractivity contribution in [3.63, 3.8) is 0 Å². The molecule has 294 valence electrons. The van der Waals surface area contributed by atoms with E-state index in [9.17, 15) is 6.48 Å². The van der Waals surface area contributed by atoms with Gasteiger partial charge in [0.2, 0.25) is 0 Å². The Morgan fingerprint density at radius 1 is 0.567 bits per heavy atom. The Labute approximate surface area is 354 Å². The molecule has 9 aromatic rings. The van der Waals surface area contributed by atoms with Crippen molar-refractivity contribution in [3.8, 4) is 78.6 Å². The van der Waals surface area contributed by atoms with Crippen LogP contribution >= 0.6 is 0 Å². The summed E-state index contributed by atoms with van der Waals surface area (Å²) in [5, 5.41) is 11.5. The van der Waals surface area contributed by atoms with Crippen molar-refractivity contribution in [2.45, 2.75) is 52.9 Å². The number of hydrogen-bond acceptors (Lipinski definition) is 3. The van der Waals surface area contributed by atoms with E-state index < -0.39 is 5.89 Å². The molecule has 7 aromatic carbocycles. The van der Waals surface area contributed by atoms with Gasteiger partial charge in [0.05, 0.1) is 28.0 Å². The number of hydrogen-bond donors (Lipinski definition) is 1. The Balaban J connectivity index is 1.34. The summed E-state index contributed by atoms with van der Waals surface area (Å²) in [4.78, 5) is 10.4. The van der Waals surface area contributed by atoms with Crippen molar-refractivity contribution < 1.29 is 6.48 Å².